The summed E-state index contributed by atoms with van der Waals surface area (Å²) in [7, 11) is 0. The SMILES string of the molecule is CC1NC(=O)c2cc(C(N)=O)ccc21. The van der Waals surface area contributed by atoms with Gasteiger partial charge in [-0.2, -0.15) is 0 Å². The van der Waals surface area contributed by atoms with Crippen LogP contribution < -0.4 is 11.1 Å². The Bertz CT molecular complexity index is 426. The van der Waals surface area contributed by atoms with Crippen molar-refractivity contribution < 1.29 is 9.59 Å². The lowest BCUT2D eigenvalue weighted by Crippen LogP contribution is -2.16. The van der Waals surface area contributed by atoms with Gasteiger partial charge in [0.25, 0.3) is 5.91 Å². The fourth-order valence-corrected chi connectivity index (χ4v) is 1.64. The number of rotatable bonds is 1. The second-order valence-corrected chi connectivity index (χ2v) is 3.36. The number of carbonyl (C=O) groups excluding carboxylic acids is 2. The van der Waals surface area contributed by atoms with E-state index in [-0.39, 0.29) is 11.9 Å². The molecule has 1 heterocycles. The predicted molar refractivity (Wildman–Crippen MR) is 50.8 cm³/mol. The van der Waals surface area contributed by atoms with Gasteiger partial charge in [-0.1, -0.05) is 6.07 Å². The van der Waals surface area contributed by atoms with E-state index in [1.807, 2.05) is 6.92 Å². The molecule has 1 atom stereocenters. The van der Waals surface area contributed by atoms with Crippen molar-refractivity contribution in [3.63, 3.8) is 0 Å². The fourth-order valence-electron chi connectivity index (χ4n) is 1.64. The average Bonchev–Trinajstić information content (AvgIpc) is 2.42. The molecule has 14 heavy (non-hydrogen) atoms. The largest absolute Gasteiger partial charge is 0.366 e. The number of hydrogen-bond donors (Lipinski definition) is 2. The molecular weight excluding hydrogens is 180 g/mol. The molecule has 4 heteroatoms. The first-order valence-electron chi connectivity index (χ1n) is 4.34. The quantitative estimate of drug-likeness (QED) is 0.680. The number of nitrogens with two attached hydrogens (primary N) is 1. The molecule has 2 rings (SSSR count). The van der Waals surface area contributed by atoms with Gasteiger partial charge in [-0.15, -0.1) is 0 Å². The fraction of sp³-hybridized carbons (Fsp3) is 0.200. The Kier molecular flexibility index (Phi) is 1.77. The van der Waals surface area contributed by atoms with Gasteiger partial charge in [-0.3, -0.25) is 9.59 Å². The van der Waals surface area contributed by atoms with Crippen molar-refractivity contribution in [2.75, 3.05) is 0 Å². The van der Waals surface area contributed by atoms with Crippen LogP contribution in [0.3, 0.4) is 0 Å². The van der Waals surface area contributed by atoms with Crippen molar-refractivity contribution in [2.24, 2.45) is 5.73 Å². The average molecular weight is 190 g/mol. The predicted octanol–water partition coefficient (Wildman–Crippen LogP) is 0.590. The zero-order chi connectivity index (χ0) is 10.3. The number of hydrogen-bond acceptors (Lipinski definition) is 2. The zero-order valence-electron chi connectivity index (χ0n) is 7.70. The molecule has 1 aliphatic rings. The topological polar surface area (TPSA) is 72.2 Å². The van der Waals surface area contributed by atoms with Crippen molar-refractivity contribution in [3.8, 4) is 0 Å². The molecule has 0 radical (unpaired) electrons. The van der Waals surface area contributed by atoms with Crippen LogP contribution in [0.25, 0.3) is 0 Å². The molecule has 72 valence electrons. The van der Waals surface area contributed by atoms with E-state index in [1.165, 1.54) is 6.07 Å². The summed E-state index contributed by atoms with van der Waals surface area (Å²) in [6, 6.07) is 4.95. The Balaban J connectivity index is 2.55. The van der Waals surface area contributed by atoms with Crippen LogP contribution >= 0.6 is 0 Å². The minimum atomic E-state index is -0.514. The van der Waals surface area contributed by atoms with E-state index in [4.69, 9.17) is 5.73 Å². The summed E-state index contributed by atoms with van der Waals surface area (Å²) in [5, 5.41) is 2.76. The van der Waals surface area contributed by atoms with Crippen LogP contribution in [0.1, 0.15) is 39.2 Å². The first-order valence-corrected chi connectivity index (χ1v) is 4.34. The van der Waals surface area contributed by atoms with Crippen LogP contribution in [0, 0.1) is 0 Å². The van der Waals surface area contributed by atoms with Crippen LogP contribution in [-0.4, -0.2) is 11.8 Å². The molecule has 0 spiro atoms. The summed E-state index contributed by atoms with van der Waals surface area (Å²) in [6.45, 7) is 1.90. The standard InChI is InChI=1S/C10H10N2O2/c1-5-7-3-2-6(9(11)13)4-8(7)10(14)12-5/h2-5H,1H3,(H2,11,13)(H,12,14). The van der Waals surface area contributed by atoms with Crippen LogP contribution in [-0.2, 0) is 0 Å². The van der Waals surface area contributed by atoms with Crippen molar-refractivity contribution in [1.82, 2.24) is 5.32 Å². The molecule has 1 aromatic carbocycles. The summed E-state index contributed by atoms with van der Waals surface area (Å²) < 4.78 is 0. The number of fused-ring (bicyclic) bond motifs is 1. The first kappa shape index (κ1) is 8.74. The third-order valence-corrected chi connectivity index (χ3v) is 2.40. The summed E-state index contributed by atoms with van der Waals surface area (Å²) >= 11 is 0. The van der Waals surface area contributed by atoms with Crippen LogP contribution in [0.2, 0.25) is 0 Å². The third-order valence-electron chi connectivity index (χ3n) is 2.40. The van der Waals surface area contributed by atoms with Gasteiger partial charge in [0.05, 0.1) is 6.04 Å². The number of benzene rings is 1. The van der Waals surface area contributed by atoms with Crippen molar-refractivity contribution >= 4 is 11.8 Å². The molecule has 0 bridgehead atoms. The molecule has 0 saturated carbocycles. The number of amides is 2. The highest BCUT2D eigenvalue weighted by Crippen LogP contribution is 2.25. The van der Waals surface area contributed by atoms with Gasteiger partial charge in [0, 0.05) is 11.1 Å². The second kappa shape index (κ2) is 2.83. The molecule has 3 N–H and O–H groups in total. The van der Waals surface area contributed by atoms with Gasteiger partial charge in [-0.25, -0.2) is 0 Å². The van der Waals surface area contributed by atoms with E-state index in [0.29, 0.717) is 11.1 Å². The molecule has 0 aliphatic carbocycles. The normalized spacial score (nSPS) is 18.9. The molecule has 2 amide bonds. The summed E-state index contributed by atoms with van der Waals surface area (Å²) in [4.78, 5) is 22.3. The Morgan fingerprint density at radius 3 is 2.86 bits per heavy atom. The van der Waals surface area contributed by atoms with Crippen LogP contribution in [0.4, 0.5) is 0 Å². The van der Waals surface area contributed by atoms with Gasteiger partial charge in [0.15, 0.2) is 0 Å². The zero-order valence-corrected chi connectivity index (χ0v) is 7.70. The molecule has 1 aliphatic heterocycles. The number of nitrogens with one attached hydrogen (secondary N) is 1. The lowest BCUT2D eigenvalue weighted by atomic mass is 10.0. The van der Waals surface area contributed by atoms with Gasteiger partial charge < -0.3 is 11.1 Å². The smallest absolute Gasteiger partial charge is 0.252 e. The van der Waals surface area contributed by atoms with Crippen molar-refractivity contribution in [3.05, 3.63) is 34.9 Å². The minimum absolute atomic E-state index is 0.0134. The Hall–Kier alpha value is -1.84. The van der Waals surface area contributed by atoms with Gasteiger partial charge in [0.1, 0.15) is 0 Å². The molecule has 0 saturated heterocycles. The highest BCUT2D eigenvalue weighted by molar-refractivity contribution is 6.02. The number of primary amides is 1. The lowest BCUT2D eigenvalue weighted by Gasteiger charge is -2.02. The summed E-state index contributed by atoms with van der Waals surface area (Å²) in [6.07, 6.45) is 0. The molecule has 0 fully saturated rings. The maximum Gasteiger partial charge on any atom is 0.252 e. The molecular formula is C10H10N2O2. The van der Waals surface area contributed by atoms with Crippen molar-refractivity contribution in [1.29, 1.82) is 0 Å². The van der Waals surface area contributed by atoms with Crippen molar-refractivity contribution in [2.45, 2.75) is 13.0 Å². The van der Waals surface area contributed by atoms with Gasteiger partial charge >= 0.3 is 0 Å². The lowest BCUT2D eigenvalue weighted by molar-refractivity contribution is 0.0958. The second-order valence-electron chi connectivity index (χ2n) is 3.36. The monoisotopic (exact) mass is 190 g/mol. The van der Waals surface area contributed by atoms with Crippen LogP contribution in [0.5, 0.6) is 0 Å². The van der Waals surface area contributed by atoms with Gasteiger partial charge in [0.2, 0.25) is 5.91 Å². The van der Waals surface area contributed by atoms with E-state index in [0.717, 1.165) is 5.56 Å². The first-order chi connectivity index (χ1) is 6.59. The highest BCUT2D eigenvalue weighted by atomic mass is 16.2. The Morgan fingerprint density at radius 1 is 1.50 bits per heavy atom. The molecule has 1 unspecified atom stereocenters. The highest BCUT2D eigenvalue weighted by Gasteiger charge is 2.25. The summed E-state index contributed by atoms with van der Waals surface area (Å²) in [5.74, 6) is -0.657. The Morgan fingerprint density at radius 2 is 2.21 bits per heavy atom. The maximum atomic E-state index is 11.4. The van der Waals surface area contributed by atoms with E-state index < -0.39 is 5.91 Å². The van der Waals surface area contributed by atoms with E-state index >= 15 is 0 Å². The van der Waals surface area contributed by atoms with E-state index in [2.05, 4.69) is 5.32 Å². The molecule has 0 aromatic heterocycles. The third kappa shape index (κ3) is 1.16. The minimum Gasteiger partial charge on any atom is -0.366 e. The van der Waals surface area contributed by atoms with E-state index in [1.54, 1.807) is 12.1 Å². The number of carbonyl (C=O) groups is 2. The summed E-state index contributed by atoms with van der Waals surface area (Å²) in [5.41, 5.74) is 6.95. The van der Waals surface area contributed by atoms with Crippen LogP contribution in [0.15, 0.2) is 18.2 Å². The Labute approximate surface area is 81.1 Å². The molecule has 1 aromatic rings. The van der Waals surface area contributed by atoms with Gasteiger partial charge in [-0.05, 0) is 24.6 Å². The molecule has 4 nitrogen and oxygen atoms in total. The van der Waals surface area contributed by atoms with E-state index in [9.17, 15) is 9.59 Å². The maximum absolute atomic E-state index is 11.4.